The van der Waals surface area contributed by atoms with Crippen molar-refractivity contribution in [2.45, 2.75) is 6.92 Å². The first-order valence-electron chi connectivity index (χ1n) is 8.15. The molecule has 0 bridgehead atoms. The number of ether oxygens (including phenoxy) is 1. The molecule has 1 amide bonds. The van der Waals surface area contributed by atoms with Gasteiger partial charge in [-0.15, -0.1) is 0 Å². The first-order valence-corrected chi connectivity index (χ1v) is 8.97. The zero-order valence-corrected chi connectivity index (χ0v) is 15.2. The minimum atomic E-state index is -0.163. The number of benzene rings is 2. The highest BCUT2D eigenvalue weighted by Gasteiger charge is 2.19. The van der Waals surface area contributed by atoms with Gasteiger partial charge in [-0.3, -0.25) is 9.20 Å². The molecule has 2 heterocycles. The number of thiazole rings is 1. The molecule has 0 unspecified atom stereocenters. The molecule has 0 saturated carbocycles. The number of aromatic nitrogens is 2. The Morgan fingerprint density at radius 1 is 1.12 bits per heavy atom. The standard InChI is InChI=1S/C20H17N3O2S/c1-13-18(19(24)21-15-10-6-7-11-17(15)25-2)26-20-22-16(12-23(13)20)14-8-4-3-5-9-14/h3-12H,1-2H3,(H,21,24). The highest BCUT2D eigenvalue weighted by atomic mass is 32.1. The summed E-state index contributed by atoms with van der Waals surface area (Å²) in [5.74, 6) is 0.468. The second-order valence-corrected chi connectivity index (χ2v) is 6.79. The number of para-hydroxylation sites is 2. The van der Waals surface area contributed by atoms with Gasteiger partial charge in [-0.1, -0.05) is 53.8 Å². The van der Waals surface area contributed by atoms with Gasteiger partial charge in [-0.25, -0.2) is 4.98 Å². The van der Waals surface area contributed by atoms with Crippen LogP contribution in [0, 0.1) is 6.92 Å². The van der Waals surface area contributed by atoms with Crippen molar-refractivity contribution in [3.63, 3.8) is 0 Å². The monoisotopic (exact) mass is 363 g/mol. The third kappa shape index (κ3) is 2.84. The Bertz CT molecular complexity index is 1080. The zero-order chi connectivity index (χ0) is 18.1. The van der Waals surface area contributed by atoms with Crippen molar-refractivity contribution in [3.05, 3.63) is 71.4 Å². The summed E-state index contributed by atoms with van der Waals surface area (Å²) in [7, 11) is 1.58. The fourth-order valence-electron chi connectivity index (χ4n) is 2.84. The van der Waals surface area contributed by atoms with E-state index in [9.17, 15) is 4.79 Å². The van der Waals surface area contributed by atoms with Gasteiger partial charge in [0, 0.05) is 17.5 Å². The summed E-state index contributed by atoms with van der Waals surface area (Å²) in [6.07, 6.45) is 1.97. The van der Waals surface area contributed by atoms with Crippen LogP contribution in [0.4, 0.5) is 5.69 Å². The number of carbonyl (C=O) groups is 1. The second kappa shape index (κ2) is 6.65. The molecule has 0 radical (unpaired) electrons. The van der Waals surface area contributed by atoms with Crippen LogP contribution in [-0.2, 0) is 0 Å². The number of carbonyl (C=O) groups excluding carboxylic acids is 1. The molecule has 4 rings (SSSR count). The van der Waals surface area contributed by atoms with Crippen LogP contribution in [0.2, 0.25) is 0 Å². The topological polar surface area (TPSA) is 55.6 Å². The number of rotatable bonds is 4. The Balaban J connectivity index is 1.66. The third-order valence-corrected chi connectivity index (χ3v) is 5.34. The molecule has 0 fully saturated rings. The van der Waals surface area contributed by atoms with Gasteiger partial charge in [-0.2, -0.15) is 0 Å². The summed E-state index contributed by atoms with van der Waals surface area (Å²) in [6.45, 7) is 1.93. The van der Waals surface area contributed by atoms with E-state index in [1.165, 1.54) is 11.3 Å². The minimum absolute atomic E-state index is 0.163. The van der Waals surface area contributed by atoms with Gasteiger partial charge in [0.15, 0.2) is 4.96 Å². The molecule has 5 nitrogen and oxygen atoms in total. The summed E-state index contributed by atoms with van der Waals surface area (Å²) in [5, 5.41) is 2.92. The van der Waals surface area contributed by atoms with E-state index in [0.29, 0.717) is 16.3 Å². The van der Waals surface area contributed by atoms with Crippen molar-refractivity contribution in [2.24, 2.45) is 0 Å². The smallest absolute Gasteiger partial charge is 0.267 e. The number of aryl methyl sites for hydroxylation is 1. The Hall–Kier alpha value is -3.12. The fraction of sp³-hybridized carbons (Fsp3) is 0.100. The minimum Gasteiger partial charge on any atom is -0.495 e. The first kappa shape index (κ1) is 16.4. The van der Waals surface area contributed by atoms with Gasteiger partial charge >= 0.3 is 0 Å². The van der Waals surface area contributed by atoms with E-state index in [1.807, 2.05) is 72.1 Å². The lowest BCUT2D eigenvalue weighted by molar-refractivity contribution is 0.102. The van der Waals surface area contributed by atoms with Gasteiger partial charge in [0.2, 0.25) is 0 Å². The van der Waals surface area contributed by atoms with E-state index in [-0.39, 0.29) is 5.91 Å². The van der Waals surface area contributed by atoms with E-state index in [1.54, 1.807) is 7.11 Å². The highest BCUT2D eigenvalue weighted by Crippen LogP contribution is 2.29. The maximum atomic E-state index is 12.7. The Morgan fingerprint density at radius 2 is 1.85 bits per heavy atom. The van der Waals surface area contributed by atoms with E-state index in [2.05, 4.69) is 10.3 Å². The number of hydrogen-bond donors (Lipinski definition) is 1. The average molecular weight is 363 g/mol. The van der Waals surface area contributed by atoms with Crippen LogP contribution < -0.4 is 10.1 Å². The maximum Gasteiger partial charge on any atom is 0.267 e. The molecule has 2 aromatic carbocycles. The molecule has 0 aliphatic carbocycles. The normalized spacial score (nSPS) is 10.8. The summed E-state index contributed by atoms with van der Waals surface area (Å²) >= 11 is 1.38. The molecule has 0 aliphatic heterocycles. The number of hydrogen-bond acceptors (Lipinski definition) is 4. The SMILES string of the molecule is COc1ccccc1NC(=O)c1sc2nc(-c3ccccc3)cn2c1C. The lowest BCUT2D eigenvalue weighted by atomic mass is 10.2. The lowest BCUT2D eigenvalue weighted by Gasteiger charge is -2.09. The largest absolute Gasteiger partial charge is 0.495 e. The van der Waals surface area contributed by atoms with Crippen LogP contribution in [0.3, 0.4) is 0 Å². The third-order valence-electron chi connectivity index (χ3n) is 4.19. The van der Waals surface area contributed by atoms with E-state index < -0.39 is 0 Å². The van der Waals surface area contributed by atoms with Crippen molar-refractivity contribution in [3.8, 4) is 17.0 Å². The van der Waals surface area contributed by atoms with E-state index >= 15 is 0 Å². The molecule has 26 heavy (non-hydrogen) atoms. The van der Waals surface area contributed by atoms with Crippen LogP contribution in [0.15, 0.2) is 60.8 Å². The molecule has 0 aliphatic rings. The molecule has 1 N–H and O–H groups in total. The first-order chi connectivity index (χ1) is 12.7. The number of anilines is 1. The quantitative estimate of drug-likeness (QED) is 0.575. The van der Waals surface area contributed by atoms with Crippen LogP contribution in [0.1, 0.15) is 15.4 Å². The number of imidazole rings is 1. The predicted molar refractivity (Wildman–Crippen MR) is 104 cm³/mol. The van der Waals surface area contributed by atoms with Crippen molar-refractivity contribution in [1.29, 1.82) is 0 Å². The number of fused-ring (bicyclic) bond motifs is 1. The number of methoxy groups -OCH3 is 1. The van der Waals surface area contributed by atoms with E-state index in [4.69, 9.17) is 4.74 Å². The fourth-order valence-corrected chi connectivity index (χ4v) is 3.84. The summed E-state index contributed by atoms with van der Waals surface area (Å²) in [4.78, 5) is 18.8. The zero-order valence-electron chi connectivity index (χ0n) is 14.4. The van der Waals surface area contributed by atoms with Gasteiger partial charge in [0.1, 0.15) is 10.6 Å². The van der Waals surface area contributed by atoms with Crippen LogP contribution in [-0.4, -0.2) is 22.4 Å². The molecule has 130 valence electrons. The van der Waals surface area contributed by atoms with Crippen LogP contribution in [0.25, 0.3) is 16.2 Å². The summed E-state index contributed by atoms with van der Waals surface area (Å²) in [6, 6.07) is 17.4. The van der Waals surface area contributed by atoms with Crippen LogP contribution in [0.5, 0.6) is 5.75 Å². The van der Waals surface area contributed by atoms with Crippen molar-refractivity contribution in [2.75, 3.05) is 12.4 Å². The lowest BCUT2D eigenvalue weighted by Crippen LogP contribution is -2.12. The van der Waals surface area contributed by atoms with Crippen molar-refractivity contribution < 1.29 is 9.53 Å². The Labute approximate surface area is 154 Å². The Kier molecular flexibility index (Phi) is 4.18. The molecule has 4 aromatic rings. The number of nitrogens with zero attached hydrogens (tertiary/aromatic N) is 2. The predicted octanol–water partition coefficient (Wildman–Crippen LogP) is 4.63. The summed E-state index contributed by atoms with van der Waals surface area (Å²) < 4.78 is 7.25. The van der Waals surface area contributed by atoms with E-state index in [0.717, 1.165) is 21.9 Å². The van der Waals surface area contributed by atoms with Gasteiger partial charge in [-0.05, 0) is 19.1 Å². The maximum absolute atomic E-state index is 12.7. The van der Waals surface area contributed by atoms with Gasteiger partial charge < -0.3 is 10.1 Å². The van der Waals surface area contributed by atoms with Crippen molar-refractivity contribution >= 4 is 27.9 Å². The molecular weight excluding hydrogens is 346 g/mol. The molecule has 0 spiro atoms. The molecular formula is C20H17N3O2S. The average Bonchev–Trinajstić information content (AvgIpc) is 3.22. The molecule has 2 aromatic heterocycles. The summed E-state index contributed by atoms with van der Waals surface area (Å²) in [5.41, 5.74) is 3.47. The molecule has 0 saturated heterocycles. The van der Waals surface area contributed by atoms with Crippen LogP contribution >= 0.6 is 11.3 Å². The molecule has 6 heteroatoms. The highest BCUT2D eigenvalue weighted by molar-refractivity contribution is 7.19. The van der Waals surface area contributed by atoms with Crippen molar-refractivity contribution in [1.82, 2.24) is 9.38 Å². The van der Waals surface area contributed by atoms with Gasteiger partial charge in [0.25, 0.3) is 5.91 Å². The Morgan fingerprint density at radius 3 is 2.58 bits per heavy atom. The van der Waals surface area contributed by atoms with Gasteiger partial charge in [0.05, 0.1) is 18.5 Å². The second-order valence-electron chi connectivity index (χ2n) is 5.82. The number of amides is 1. The number of nitrogens with one attached hydrogen (secondary N) is 1. The molecule has 0 atom stereocenters.